The number of methoxy groups -OCH3 is 1. The van der Waals surface area contributed by atoms with Crippen LogP contribution in [0.3, 0.4) is 0 Å². The molecule has 0 aliphatic heterocycles. The number of rotatable bonds is 6. The summed E-state index contributed by atoms with van der Waals surface area (Å²) in [7, 11) is 1.62. The largest absolute Gasteiger partial charge is 0.394 e. The molecular formula is C18H18N4O2S. The average Bonchev–Trinajstić information content (AvgIpc) is 3.29. The summed E-state index contributed by atoms with van der Waals surface area (Å²) < 4.78 is 7.43. The van der Waals surface area contributed by atoms with E-state index in [2.05, 4.69) is 31.0 Å². The molecule has 128 valence electrons. The predicted octanol–water partition coefficient (Wildman–Crippen LogP) is 3.11. The maximum atomic E-state index is 9.38. The van der Waals surface area contributed by atoms with E-state index in [-0.39, 0.29) is 12.7 Å². The standard InChI is InChI=1S/C18H18N4O2S/c1-24-13(9-23)4-7-22-14-3-2-6-19-17(14)15-16(12-5-8-25-10-12)20-11-21-18(15)22/h2-3,5-6,8,10-11,13,23H,4,7,9H2,1H3. The van der Waals surface area contributed by atoms with Crippen LogP contribution in [0.25, 0.3) is 33.3 Å². The predicted molar refractivity (Wildman–Crippen MR) is 98.6 cm³/mol. The van der Waals surface area contributed by atoms with E-state index in [4.69, 9.17) is 4.74 Å². The molecule has 25 heavy (non-hydrogen) atoms. The number of aromatic nitrogens is 4. The molecule has 7 heteroatoms. The molecule has 4 rings (SSSR count). The molecule has 1 atom stereocenters. The number of aliphatic hydroxyl groups is 1. The number of nitrogens with zero attached hydrogens (tertiary/aromatic N) is 4. The Balaban J connectivity index is 1.91. The summed E-state index contributed by atoms with van der Waals surface area (Å²) >= 11 is 1.64. The van der Waals surface area contributed by atoms with E-state index in [9.17, 15) is 5.11 Å². The van der Waals surface area contributed by atoms with Crippen molar-refractivity contribution >= 4 is 33.4 Å². The fourth-order valence-electron chi connectivity index (χ4n) is 3.12. The highest BCUT2D eigenvalue weighted by Gasteiger charge is 2.18. The SMILES string of the molecule is COC(CO)CCn1c2cccnc2c2c(-c3ccsc3)ncnc21. The molecule has 0 saturated heterocycles. The third-order valence-electron chi connectivity index (χ3n) is 4.40. The van der Waals surface area contributed by atoms with Gasteiger partial charge in [0, 0.05) is 30.8 Å². The number of aliphatic hydroxyl groups excluding tert-OH is 1. The van der Waals surface area contributed by atoms with Crippen LogP contribution in [-0.4, -0.2) is 44.4 Å². The fraction of sp³-hybridized carbons (Fsp3) is 0.278. The number of fused-ring (bicyclic) bond motifs is 3. The zero-order valence-corrected chi connectivity index (χ0v) is 14.6. The van der Waals surface area contributed by atoms with E-state index in [1.165, 1.54) is 0 Å². The van der Waals surface area contributed by atoms with Gasteiger partial charge in [0.25, 0.3) is 0 Å². The highest BCUT2D eigenvalue weighted by Crippen LogP contribution is 2.34. The van der Waals surface area contributed by atoms with Gasteiger partial charge in [0.15, 0.2) is 0 Å². The van der Waals surface area contributed by atoms with Crippen LogP contribution in [0.15, 0.2) is 41.5 Å². The highest BCUT2D eigenvalue weighted by atomic mass is 32.1. The normalized spacial score (nSPS) is 12.9. The molecule has 4 aromatic rings. The van der Waals surface area contributed by atoms with Crippen LogP contribution in [0.2, 0.25) is 0 Å². The summed E-state index contributed by atoms with van der Waals surface area (Å²) in [5.74, 6) is 0. The molecule has 0 bridgehead atoms. The molecule has 0 aromatic carbocycles. The molecule has 0 amide bonds. The van der Waals surface area contributed by atoms with Crippen molar-refractivity contribution in [3.63, 3.8) is 0 Å². The van der Waals surface area contributed by atoms with Gasteiger partial charge in [0.2, 0.25) is 0 Å². The van der Waals surface area contributed by atoms with Crippen molar-refractivity contribution in [3.05, 3.63) is 41.5 Å². The van der Waals surface area contributed by atoms with E-state index < -0.39 is 0 Å². The summed E-state index contributed by atoms with van der Waals surface area (Å²) in [5, 5.41) is 14.5. The Hall–Kier alpha value is -2.35. The first-order valence-corrected chi connectivity index (χ1v) is 9.02. The Morgan fingerprint density at radius 2 is 2.20 bits per heavy atom. The molecule has 4 heterocycles. The second-order valence-electron chi connectivity index (χ2n) is 5.78. The lowest BCUT2D eigenvalue weighted by molar-refractivity contribution is 0.0407. The molecule has 0 aliphatic carbocycles. The molecule has 0 fully saturated rings. The Labute approximate surface area is 148 Å². The molecule has 0 saturated carbocycles. The highest BCUT2D eigenvalue weighted by molar-refractivity contribution is 7.08. The van der Waals surface area contributed by atoms with Crippen molar-refractivity contribution in [2.75, 3.05) is 13.7 Å². The first-order valence-electron chi connectivity index (χ1n) is 8.07. The summed E-state index contributed by atoms with van der Waals surface area (Å²) in [4.78, 5) is 13.6. The van der Waals surface area contributed by atoms with Gasteiger partial charge in [-0.3, -0.25) is 4.98 Å². The minimum absolute atomic E-state index is 0.00101. The van der Waals surface area contributed by atoms with Crippen molar-refractivity contribution in [2.45, 2.75) is 19.1 Å². The van der Waals surface area contributed by atoms with E-state index in [1.807, 2.05) is 17.5 Å². The van der Waals surface area contributed by atoms with Crippen LogP contribution < -0.4 is 0 Å². The molecule has 0 spiro atoms. The molecular weight excluding hydrogens is 336 g/mol. The van der Waals surface area contributed by atoms with Gasteiger partial charge in [-0.25, -0.2) is 9.97 Å². The lowest BCUT2D eigenvalue weighted by Gasteiger charge is -2.13. The monoisotopic (exact) mass is 354 g/mol. The van der Waals surface area contributed by atoms with Crippen LogP contribution in [0, 0.1) is 0 Å². The Morgan fingerprint density at radius 3 is 2.96 bits per heavy atom. The number of ether oxygens (including phenoxy) is 1. The molecule has 1 unspecified atom stereocenters. The van der Waals surface area contributed by atoms with Crippen LogP contribution in [0.1, 0.15) is 6.42 Å². The van der Waals surface area contributed by atoms with Crippen LogP contribution in [-0.2, 0) is 11.3 Å². The van der Waals surface area contributed by atoms with Crippen molar-refractivity contribution in [2.24, 2.45) is 0 Å². The summed E-state index contributed by atoms with van der Waals surface area (Å²) in [6.45, 7) is 0.686. The average molecular weight is 354 g/mol. The van der Waals surface area contributed by atoms with Crippen molar-refractivity contribution < 1.29 is 9.84 Å². The van der Waals surface area contributed by atoms with E-state index in [0.717, 1.165) is 33.3 Å². The molecule has 6 nitrogen and oxygen atoms in total. The maximum Gasteiger partial charge on any atom is 0.146 e. The third-order valence-corrected chi connectivity index (χ3v) is 5.09. The number of thiophene rings is 1. The van der Waals surface area contributed by atoms with Gasteiger partial charge in [-0.1, -0.05) is 0 Å². The van der Waals surface area contributed by atoms with Gasteiger partial charge in [0.1, 0.15) is 12.0 Å². The zero-order valence-electron chi connectivity index (χ0n) is 13.8. The van der Waals surface area contributed by atoms with E-state index in [0.29, 0.717) is 13.0 Å². The third kappa shape index (κ3) is 2.80. The van der Waals surface area contributed by atoms with Gasteiger partial charge in [-0.05, 0) is 30.0 Å². The molecule has 0 aliphatic rings. The second-order valence-corrected chi connectivity index (χ2v) is 6.56. The van der Waals surface area contributed by atoms with E-state index >= 15 is 0 Å². The second kappa shape index (κ2) is 6.87. The Morgan fingerprint density at radius 1 is 1.28 bits per heavy atom. The van der Waals surface area contributed by atoms with Gasteiger partial charge in [-0.2, -0.15) is 11.3 Å². The topological polar surface area (TPSA) is 73.1 Å². The van der Waals surface area contributed by atoms with Crippen molar-refractivity contribution in [1.29, 1.82) is 0 Å². The minimum atomic E-state index is -0.192. The number of pyridine rings is 1. The van der Waals surface area contributed by atoms with Gasteiger partial charge >= 0.3 is 0 Å². The Kier molecular flexibility index (Phi) is 4.44. The number of hydrogen-bond acceptors (Lipinski definition) is 6. The molecule has 4 aromatic heterocycles. The van der Waals surface area contributed by atoms with Gasteiger partial charge < -0.3 is 14.4 Å². The van der Waals surface area contributed by atoms with Crippen molar-refractivity contribution in [1.82, 2.24) is 19.5 Å². The summed E-state index contributed by atoms with van der Waals surface area (Å²) in [6.07, 6.45) is 3.90. The minimum Gasteiger partial charge on any atom is -0.394 e. The fourth-order valence-corrected chi connectivity index (χ4v) is 3.76. The lowest BCUT2D eigenvalue weighted by Crippen LogP contribution is -2.18. The summed E-state index contributed by atoms with van der Waals surface area (Å²) in [5.41, 5.74) is 4.75. The smallest absolute Gasteiger partial charge is 0.146 e. The first kappa shape index (κ1) is 16.1. The quantitative estimate of drug-likeness (QED) is 0.576. The van der Waals surface area contributed by atoms with Crippen LogP contribution >= 0.6 is 11.3 Å². The summed E-state index contributed by atoms with van der Waals surface area (Å²) in [6, 6.07) is 6.03. The lowest BCUT2D eigenvalue weighted by atomic mass is 10.1. The van der Waals surface area contributed by atoms with Crippen LogP contribution in [0.4, 0.5) is 0 Å². The number of aryl methyl sites for hydroxylation is 1. The van der Waals surface area contributed by atoms with E-state index in [1.54, 1.807) is 31.0 Å². The van der Waals surface area contributed by atoms with Crippen molar-refractivity contribution in [3.8, 4) is 11.3 Å². The molecule has 1 N–H and O–H groups in total. The molecule has 0 radical (unpaired) electrons. The van der Waals surface area contributed by atoms with Crippen LogP contribution in [0.5, 0.6) is 0 Å². The zero-order chi connectivity index (χ0) is 17.2. The van der Waals surface area contributed by atoms with Gasteiger partial charge in [0.05, 0.1) is 34.8 Å². The Bertz CT molecular complexity index is 993. The number of hydrogen-bond donors (Lipinski definition) is 1. The first-order chi connectivity index (χ1) is 12.3. The maximum absolute atomic E-state index is 9.38. The van der Waals surface area contributed by atoms with Gasteiger partial charge in [-0.15, -0.1) is 0 Å².